The van der Waals surface area contributed by atoms with E-state index in [4.69, 9.17) is 0 Å². The van der Waals surface area contributed by atoms with Crippen LogP contribution in [0.25, 0.3) is 0 Å². The Morgan fingerprint density at radius 3 is 2.56 bits per heavy atom. The van der Waals surface area contributed by atoms with Crippen LogP contribution in [-0.4, -0.2) is 25.3 Å². The third-order valence-corrected chi connectivity index (χ3v) is 2.27. The van der Waals surface area contributed by atoms with E-state index < -0.39 is 0 Å². The summed E-state index contributed by atoms with van der Waals surface area (Å²) in [4.78, 5) is 23.9. The smallest absolute Gasteiger partial charge is 0.207 e. The monoisotopic (exact) mass is 216 g/mol. The maximum absolute atomic E-state index is 11.8. The second-order valence-electron chi connectivity index (χ2n) is 3.64. The molecule has 0 radical (unpaired) electrons. The van der Waals surface area contributed by atoms with E-state index in [-0.39, 0.29) is 18.0 Å². The fraction of sp³-hybridized carbons (Fsp3) is 0.273. The number of hydrogen-bond donors (Lipinski definition) is 0. The van der Waals surface area contributed by atoms with E-state index in [9.17, 15) is 4.79 Å². The zero-order chi connectivity index (χ0) is 11.5. The van der Waals surface area contributed by atoms with Gasteiger partial charge in [-0.1, -0.05) is 0 Å². The third-order valence-electron chi connectivity index (χ3n) is 2.27. The van der Waals surface area contributed by atoms with Gasteiger partial charge in [0.1, 0.15) is 5.82 Å². The van der Waals surface area contributed by atoms with E-state index in [0.717, 1.165) is 5.56 Å². The minimum absolute atomic E-state index is 0.116. The molecule has 5 heteroatoms. The fourth-order valence-electron chi connectivity index (χ4n) is 1.33. The molecule has 0 N–H and O–H groups in total. The van der Waals surface area contributed by atoms with E-state index in [1.165, 1.54) is 0 Å². The van der Waals surface area contributed by atoms with Crippen molar-refractivity contribution in [3.05, 3.63) is 42.0 Å². The first-order valence-electron chi connectivity index (χ1n) is 4.95. The molecule has 0 atom stereocenters. The largest absolute Gasteiger partial charge is 0.338 e. The number of rotatable bonds is 3. The summed E-state index contributed by atoms with van der Waals surface area (Å²) in [6.07, 6.45) is 6.97. The highest BCUT2D eigenvalue weighted by Gasteiger charge is 2.12. The number of carbonyl (C=O) groups excluding carboxylic acids is 1. The molecular formula is C11H12N4O. The van der Waals surface area contributed by atoms with Gasteiger partial charge in [-0.25, -0.2) is 15.0 Å². The molecule has 82 valence electrons. The maximum atomic E-state index is 11.8. The van der Waals surface area contributed by atoms with Crippen LogP contribution >= 0.6 is 0 Å². The summed E-state index contributed by atoms with van der Waals surface area (Å²) < 4.78 is 1.81. The minimum Gasteiger partial charge on any atom is -0.338 e. The van der Waals surface area contributed by atoms with Gasteiger partial charge in [0.15, 0.2) is 5.82 Å². The third kappa shape index (κ3) is 2.13. The van der Waals surface area contributed by atoms with Crippen molar-refractivity contribution >= 4 is 5.78 Å². The van der Waals surface area contributed by atoms with Crippen LogP contribution < -0.4 is 0 Å². The van der Waals surface area contributed by atoms with Gasteiger partial charge in [0.05, 0.1) is 6.42 Å². The topological polar surface area (TPSA) is 60.7 Å². The predicted molar refractivity (Wildman–Crippen MR) is 58.0 cm³/mol. The van der Waals surface area contributed by atoms with Gasteiger partial charge in [-0.05, 0) is 12.5 Å². The van der Waals surface area contributed by atoms with Crippen LogP contribution in [0.5, 0.6) is 0 Å². The van der Waals surface area contributed by atoms with E-state index >= 15 is 0 Å². The van der Waals surface area contributed by atoms with E-state index in [2.05, 4.69) is 15.0 Å². The summed E-state index contributed by atoms with van der Waals surface area (Å²) >= 11 is 0. The van der Waals surface area contributed by atoms with Crippen LogP contribution in [0.4, 0.5) is 0 Å². The molecule has 0 amide bonds. The normalized spacial score (nSPS) is 10.4. The second kappa shape index (κ2) is 4.22. The average Bonchev–Trinajstić information content (AvgIpc) is 2.65. The Hall–Kier alpha value is -2.04. The van der Waals surface area contributed by atoms with Crippen LogP contribution in [-0.2, 0) is 13.5 Å². The van der Waals surface area contributed by atoms with Crippen molar-refractivity contribution in [2.75, 3.05) is 0 Å². The Morgan fingerprint density at radius 2 is 2.00 bits per heavy atom. The summed E-state index contributed by atoms with van der Waals surface area (Å²) in [5.74, 6) is 0.845. The number of aromatic nitrogens is 4. The highest BCUT2D eigenvalue weighted by molar-refractivity contribution is 5.93. The quantitative estimate of drug-likeness (QED) is 0.716. The van der Waals surface area contributed by atoms with Crippen molar-refractivity contribution in [3.8, 4) is 0 Å². The lowest BCUT2D eigenvalue weighted by molar-refractivity contribution is 0.0980. The van der Waals surface area contributed by atoms with Gasteiger partial charge in [-0.15, -0.1) is 0 Å². The molecule has 0 unspecified atom stereocenters. The van der Waals surface area contributed by atoms with Gasteiger partial charge < -0.3 is 4.57 Å². The average molecular weight is 216 g/mol. The second-order valence-corrected chi connectivity index (χ2v) is 3.64. The SMILES string of the molecule is Cc1cnc(C(=O)Cc2nccn2C)nc1. The highest BCUT2D eigenvalue weighted by Crippen LogP contribution is 2.01. The maximum Gasteiger partial charge on any atom is 0.207 e. The number of Topliss-reactive ketones (excluding diaryl/α,β-unsaturated/α-hetero) is 1. The molecule has 0 aliphatic rings. The number of ketones is 1. The molecule has 0 aliphatic carbocycles. The van der Waals surface area contributed by atoms with Gasteiger partial charge in [0.2, 0.25) is 5.78 Å². The number of imidazole rings is 1. The predicted octanol–water partition coefficient (Wildman–Crippen LogP) is 0.944. The van der Waals surface area contributed by atoms with E-state index in [1.807, 2.05) is 18.5 Å². The van der Waals surface area contributed by atoms with Crippen LogP contribution in [0.3, 0.4) is 0 Å². The molecule has 2 heterocycles. The van der Waals surface area contributed by atoms with Gasteiger partial charge in [-0.3, -0.25) is 4.79 Å². The number of aryl methyl sites for hydroxylation is 2. The Kier molecular flexibility index (Phi) is 2.76. The molecule has 2 rings (SSSR count). The molecule has 16 heavy (non-hydrogen) atoms. The summed E-state index contributed by atoms with van der Waals surface area (Å²) in [7, 11) is 1.85. The Labute approximate surface area is 93.2 Å². The molecule has 0 aromatic carbocycles. The molecule has 2 aromatic rings. The van der Waals surface area contributed by atoms with Crippen molar-refractivity contribution in [1.82, 2.24) is 19.5 Å². The van der Waals surface area contributed by atoms with Gasteiger partial charge in [-0.2, -0.15) is 0 Å². The van der Waals surface area contributed by atoms with Gasteiger partial charge >= 0.3 is 0 Å². The lowest BCUT2D eigenvalue weighted by Gasteiger charge is -2.00. The van der Waals surface area contributed by atoms with E-state index in [1.54, 1.807) is 24.8 Å². The zero-order valence-electron chi connectivity index (χ0n) is 9.21. The van der Waals surface area contributed by atoms with Crippen LogP contribution in [0.2, 0.25) is 0 Å². The molecule has 0 aliphatic heterocycles. The molecule has 0 saturated heterocycles. The number of hydrogen-bond acceptors (Lipinski definition) is 4. The molecule has 0 bridgehead atoms. The molecule has 5 nitrogen and oxygen atoms in total. The van der Waals surface area contributed by atoms with Crippen molar-refractivity contribution < 1.29 is 4.79 Å². The molecule has 0 saturated carbocycles. The summed E-state index contributed by atoms with van der Waals surface area (Å²) in [5.41, 5.74) is 0.938. The van der Waals surface area contributed by atoms with Crippen molar-refractivity contribution in [3.63, 3.8) is 0 Å². The van der Waals surface area contributed by atoms with Crippen LogP contribution in [0.15, 0.2) is 24.8 Å². The summed E-state index contributed by atoms with van der Waals surface area (Å²) in [6, 6.07) is 0. The Balaban J connectivity index is 2.15. The number of carbonyl (C=O) groups is 1. The van der Waals surface area contributed by atoms with Gasteiger partial charge in [0, 0.05) is 31.8 Å². The molecule has 0 fully saturated rings. The van der Waals surface area contributed by atoms with Crippen molar-refractivity contribution in [2.45, 2.75) is 13.3 Å². The first kappa shape index (κ1) is 10.5. The first-order valence-corrected chi connectivity index (χ1v) is 4.95. The first-order chi connectivity index (χ1) is 7.66. The minimum atomic E-state index is -0.116. The lowest BCUT2D eigenvalue weighted by atomic mass is 10.2. The van der Waals surface area contributed by atoms with Crippen molar-refractivity contribution in [1.29, 1.82) is 0 Å². The van der Waals surface area contributed by atoms with E-state index in [0.29, 0.717) is 5.82 Å². The standard InChI is InChI=1S/C11H12N4O/c1-8-6-13-11(14-7-8)9(16)5-10-12-3-4-15(10)2/h3-4,6-7H,5H2,1-2H3. The summed E-state index contributed by atoms with van der Waals surface area (Å²) in [5, 5.41) is 0. The molecule has 2 aromatic heterocycles. The summed E-state index contributed by atoms with van der Waals surface area (Å²) in [6.45, 7) is 1.88. The Morgan fingerprint density at radius 1 is 1.31 bits per heavy atom. The van der Waals surface area contributed by atoms with Crippen molar-refractivity contribution in [2.24, 2.45) is 7.05 Å². The zero-order valence-corrected chi connectivity index (χ0v) is 9.21. The Bertz CT molecular complexity index is 501. The lowest BCUT2D eigenvalue weighted by Crippen LogP contribution is -2.11. The fourth-order valence-corrected chi connectivity index (χ4v) is 1.33. The van der Waals surface area contributed by atoms with Crippen LogP contribution in [0.1, 0.15) is 22.0 Å². The highest BCUT2D eigenvalue weighted by atomic mass is 16.1. The molecule has 0 spiro atoms. The van der Waals surface area contributed by atoms with Gasteiger partial charge in [0.25, 0.3) is 0 Å². The molecular weight excluding hydrogens is 204 g/mol. The number of nitrogens with zero attached hydrogens (tertiary/aromatic N) is 4. The van der Waals surface area contributed by atoms with Crippen LogP contribution in [0, 0.1) is 6.92 Å².